The van der Waals surface area contributed by atoms with E-state index in [9.17, 15) is 4.79 Å². The molecule has 1 fully saturated rings. The van der Waals surface area contributed by atoms with Crippen molar-refractivity contribution in [2.24, 2.45) is 0 Å². The zero-order valence-corrected chi connectivity index (χ0v) is 9.54. The van der Waals surface area contributed by atoms with Gasteiger partial charge in [0.15, 0.2) is 6.29 Å². The number of hydrogen-bond donors (Lipinski definition) is 0. The van der Waals surface area contributed by atoms with Gasteiger partial charge in [-0.1, -0.05) is 30.3 Å². The molecule has 0 aliphatic heterocycles. The van der Waals surface area contributed by atoms with Crippen LogP contribution in [0.5, 0.6) is 0 Å². The van der Waals surface area contributed by atoms with Crippen LogP contribution in [0.15, 0.2) is 30.3 Å². The van der Waals surface area contributed by atoms with Gasteiger partial charge in [-0.05, 0) is 18.4 Å². The van der Waals surface area contributed by atoms with E-state index in [1.54, 1.807) is 11.3 Å². The van der Waals surface area contributed by atoms with Crippen LogP contribution in [0.2, 0.25) is 0 Å². The Hall–Kier alpha value is -1.48. The van der Waals surface area contributed by atoms with Gasteiger partial charge in [0, 0.05) is 5.92 Å². The second-order valence-corrected chi connectivity index (χ2v) is 5.06. The highest BCUT2D eigenvalue weighted by Gasteiger charge is 2.28. The molecule has 0 saturated heterocycles. The number of carbonyl (C=O) groups excluding carboxylic acids is 1. The van der Waals surface area contributed by atoms with Crippen LogP contribution in [0.4, 0.5) is 0 Å². The SMILES string of the molecule is O=Cc1nc(C2CC2)sc1-c1ccccc1. The highest BCUT2D eigenvalue weighted by atomic mass is 32.1. The average molecular weight is 229 g/mol. The van der Waals surface area contributed by atoms with Crippen molar-refractivity contribution in [1.82, 2.24) is 4.98 Å². The minimum atomic E-state index is 0.595. The number of aromatic nitrogens is 1. The Bertz CT molecular complexity index is 514. The third kappa shape index (κ3) is 1.67. The molecular weight excluding hydrogens is 218 g/mol. The van der Waals surface area contributed by atoms with Crippen LogP contribution in [-0.4, -0.2) is 11.3 Å². The maximum absolute atomic E-state index is 11.0. The maximum atomic E-state index is 11.0. The van der Waals surface area contributed by atoms with Gasteiger partial charge in [0.2, 0.25) is 0 Å². The Morgan fingerprint density at radius 2 is 2.00 bits per heavy atom. The van der Waals surface area contributed by atoms with Crippen LogP contribution >= 0.6 is 11.3 Å². The minimum absolute atomic E-state index is 0.595. The number of rotatable bonds is 3. The fourth-order valence-corrected chi connectivity index (χ4v) is 2.94. The molecule has 1 aromatic heterocycles. The first-order valence-corrected chi connectivity index (χ1v) is 6.21. The van der Waals surface area contributed by atoms with Crippen molar-refractivity contribution < 1.29 is 4.79 Å². The first-order chi connectivity index (χ1) is 7.88. The van der Waals surface area contributed by atoms with Crippen molar-refractivity contribution in [3.63, 3.8) is 0 Å². The third-order valence-electron chi connectivity index (χ3n) is 2.74. The third-order valence-corrected chi connectivity index (χ3v) is 4.03. The molecule has 1 aliphatic carbocycles. The smallest absolute Gasteiger partial charge is 0.169 e. The molecule has 0 amide bonds. The van der Waals surface area contributed by atoms with Crippen molar-refractivity contribution in [1.29, 1.82) is 0 Å². The number of thiazole rings is 1. The maximum Gasteiger partial charge on any atom is 0.169 e. The number of benzene rings is 1. The zero-order valence-electron chi connectivity index (χ0n) is 8.72. The second kappa shape index (κ2) is 3.83. The van der Waals surface area contributed by atoms with Gasteiger partial charge in [-0.3, -0.25) is 4.79 Å². The molecule has 1 saturated carbocycles. The summed E-state index contributed by atoms with van der Waals surface area (Å²) < 4.78 is 0. The van der Waals surface area contributed by atoms with Crippen LogP contribution in [0.1, 0.15) is 34.3 Å². The van der Waals surface area contributed by atoms with E-state index in [2.05, 4.69) is 4.98 Å². The molecule has 0 spiro atoms. The monoisotopic (exact) mass is 229 g/mol. The Balaban J connectivity index is 2.08. The fraction of sp³-hybridized carbons (Fsp3) is 0.231. The molecule has 3 heteroatoms. The predicted molar refractivity (Wildman–Crippen MR) is 64.9 cm³/mol. The molecule has 3 rings (SSSR count). The largest absolute Gasteiger partial charge is 0.296 e. The van der Waals surface area contributed by atoms with Gasteiger partial charge in [-0.25, -0.2) is 4.98 Å². The van der Waals surface area contributed by atoms with E-state index < -0.39 is 0 Å². The van der Waals surface area contributed by atoms with E-state index in [-0.39, 0.29) is 0 Å². The molecule has 0 bridgehead atoms. The Morgan fingerprint density at radius 1 is 1.25 bits per heavy atom. The second-order valence-electron chi connectivity index (χ2n) is 4.02. The van der Waals surface area contributed by atoms with Gasteiger partial charge in [0.05, 0.1) is 9.88 Å². The number of nitrogens with zero attached hydrogens (tertiary/aromatic N) is 1. The molecule has 0 atom stereocenters. The van der Waals surface area contributed by atoms with Crippen molar-refractivity contribution in [2.45, 2.75) is 18.8 Å². The molecule has 0 unspecified atom stereocenters. The lowest BCUT2D eigenvalue weighted by atomic mass is 10.2. The van der Waals surface area contributed by atoms with Crippen LogP contribution in [0.25, 0.3) is 10.4 Å². The Morgan fingerprint density at radius 3 is 2.62 bits per heavy atom. The van der Waals surface area contributed by atoms with Gasteiger partial charge >= 0.3 is 0 Å². The molecule has 0 N–H and O–H groups in total. The summed E-state index contributed by atoms with van der Waals surface area (Å²) in [4.78, 5) is 16.4. The summed E-state index contributed by atoms with van der Waals surface area (Å²) in [5.41, 5.74) is 1.69. The van der Waals surface area contributed by atoms with Crippen molar-refractivity contribution in [3.05, 3.63) is 41.0 Å². The van der Waals surface area contributed by atoms with Gasteiger partial charge < -0.3 is 0 Å². The van der Waals surface area contributed by atoms with Crippen LogP contribution in [-0.2, 0) is 0 Å². The molecule has 80 valence electrons. The van der Waals surface area contributed by atoms with E-state index in [0.717, 1.165) is 21.7 Å². The van der Waals surface area contributed by atoms with Crippen LogP contribution in [0.3, 0.4) is 0 Å². The average Bonchev–Trinajstić information content (AvgIpc) is 3.10. The zero-order chi connectivity index (χ0) is 11.0. The van der Waals surface area contributed by atoms with Gasteiger partial charge in [0.1, 0.15) is 5.69 Å². The van der Waals surface area contributed by atoms with E-state index in [4.69, 9.17) is 0 Å². The van der Waals surface area contributed by atoms with Gasteiger partial charge in [-0.15, -0.1) is 11.3 Å². The summed E-state index contributed by atoms with van der Waals surface area (Å²) in [5, 5.41) is 1.13. The molecule has 1 aliphatic rings. The van der Waals surface area contributed by atoms with Gasteiger partial charge in [-0.2, -0.15) is 0 Å². The van der Waals surface area contributed by atoms with Crippen LogP contribution < -0.4 is 0 Å². The van der Waals surface area contributed by atoms with Gasteiger partial charge in [0.25, 0.3) is 0 Å². The highest BCUT2D eigenvalue weighted by molar-refractivity contribution is 7.15. The first kappa shape index (κ1) is 9.73. The first-order valence-electron chi connectivity index (χ1n) is 5.40. The summed E-state index contributed by atoms with van der Waals surface area (Å²) in [6, 6.07) is 10.0. The van der Waals surface area contributed by atoms with E-state index in [1.807, 2.05) is 30.3 Å². The van der Waals surface area contributed by atoms with Crippen molar-refractivity contribution in [2.75, 3.05) is 0 Å². The lowest BCUT2D eigenvalue weighted by molar-refractivity contribution is 0.112. The van der Waals surface area contributed by atoms with E-state index in [0.29, 0.717) is 11.6 Å². The number of carbonyl (C=O) groups is 1. The van der Waals surface area contributed by atoms with Crippen LogP contribution in [0, 0.1) is 0 Å². The predicted octanol–water partition coefficient (Wildman–Crippen LogP) is 3.50. The van der Waals surface area contributed by atoms with E-state index >= 15 is 0 Å². The lowest BCUT2D eigenvalue weighted by Crippen LogP contribution is -1.84. The molecule has 2 aromatic rings. The molecular formula is C13H11NOS. The summed E-state index contributed by atoms with van der Waals surface area (Å²) in [6.07, 6.45) is 3.31. The number of hydrogen-bond acceptors (Lipinski definition) is 3. The van der Waals surface area contributed by atoms with Crippen molar-refractivity contribution in [3.8, 4) is 10.4 Å². The standard InChI is InChI=1S/C13H11NOS/c15-8-11-12(9-4-2-1-3-5-9)16-13(14-11)10-6-7-10/h1-5,8,10H,6-7H2. The summed E-state index contributed by atoms with van der Waals surface area (Å²) >= 11 is 1.67. The normalized spacial score (nSPS) is 15.0. The number of aldehydes is 1. The topological polar surface area (TPSA) is 30.0 Å². The molecule has 0 radical (unpaired) electrons. The highest BCUT2D eigenvalue weighted by Crippen LogP contribution is 2.44. The fourth-order valence-electron chi connectivity index (χ4n) is 1.73. The molecule has 1 heterocycles. The minimum Gasteiger partial charge on any atom is -0.296 e. The molecule has 1 aromatic carbocycles. The van der Waals surface area contributed by atoms with Crippen molar-refractivity contribution >= 4 is 17.6 Å². The summed E-state index contributed by atoms with van der Waals surface area (Å²) in [6.45, 7) is 0. The summed E-state index contributed by atoms with van der Waals surface area (Å²) in [7, 11) is 0. The quantitative estimate of drug-likeness (QED) is 0.754. The Labute approximate surface area is 98.0 Å². The van der Waals surface area contributed by atoms with E-state index in [1.165, 1.54) is 12.8 Å². The summed E-state index contributed by atoms with van der Waals surface area (Å²) in [5.74, 6) is 0.612. The Kier molecular flexibility index (Phi) is 2.33. The molecule has 16 heavy (non-hydrogen) atoms. The molecule has 2 nitrogen and oxygen atoms in total. The lowest BCUT2D eigenvalue weighted by Gasteiger charge is -1.95.